The van der Waals surface area contributed by atoms with E-state index in [-0.39, 0.29) is 28.2 Å². The summed E-state index contributed by atoms with van der Waals surface area (Å²) in [5, 5.41) is 0. The molecule has 0 aliphatic heterocycles. The van der Waals surface area contributed by atoms with Crippen molar-refractivity contribution in [3.8, 4) is 0 Å². The highest BCUT2D eigenvalue weighted by Crippen LogP contribution is 2.40. The molecule has 1 saturated carbocycles. The van der Waals surface area contributed by atoms with E-state index in [2.05, 4.69) is 34.2 Å². The third-order valence-corrected chi connectivity index (χ3v) is 6.08. The molecule has 150 valence electrons. The van der Waals surface area contributed by atoms with Crippen molar-refractivity contribution < 1.29 is 8.78 Å². The predicted molar refractivity (Wildman–Crippen MR) is 112 cm³/mol. The van der Waals surface area contributed by atoms with Crippen LogP contribution in [0.15, 0.2) is 53.3 Å². The first-order valence-electron chi connectivity index (χ1n) is 9.86. The van der Waals surface area contributed by atoms with Gasteiger partial charge in [0.2, 0.25) is 0 Å². The van der Waals surface area contributed by atoms with Gasteiger partial charge in [0.15, 0.2) is 16.4 Å². The number of nitrogens with one attached hydrogen (secondary N) is 2. The zero-order valence-electron chi connectivity index (χ0n) is 15.9. The molecule has 29 heavy (non-hydrogen) atoms. The van der Waals surface area contributed by atoms with Crippen molar-refractivity contribution in [2.45, 2.75) is 43.9 Å². The summed E-state index contributed by atoms with van der Waals surface area (Å²) in [6.07, 6.45) is 3.87. The molecule has 0 atom stereocenters. The molecule has 1 aliphatic rings. The Labute approximate surface area is 172 Å². The number of rotatable bonds is 4. The van der Waals surface area contributed by atoms with Gasteiger partial charge >= 0.3 is 0 Å². The highest BCUT2D eigenvalue weighted by Gasteiger charge is 2.27. The lowest BCUT2D eigenvalue weighted by Crippen LogP contribution is -2.23. The summed E-state index contributed by atoms with van der Waals surface area (Å²) < 4.78 is 28.1. The molecule has 1 heterocycles. The van der Waals surface area contributed by atoms with Gasteiger partial charge in [0.05, 0.1) is 0 Å². The average molecular weight is 413 g/mol. The zero-order chi connectivity index (χ0) is 20.4. The first kappa shape index (κ1) is 19.7. The SMILES string of the molecule is O=c1[nH]c(=S)[nH]c([C@H]2CC[C@H](c3ccccc3)CC2)c1Cc1cccc(F)c1F. The van der Waals surface area contributed by atoms with Crippen LogP contribution in [0.4, 0.5) is 8.78 Å². The van der Waals surface area contributed by atoms with Crippen molar-refractivity contribution in [3.63, 3.8) is 0 Å². The van der Waals surface area contributed by atoms with Crippen molar-refractivity contribution in [2.75, 3.05) is 0 Å². The quantitative estimate of drug-likeness (QED) is 0.537. The summed E-state index contributed by atoms with van der Waals surface area (Å²) >= 11 is 5.18. The van der Waals surface area contributed by atoms with E-state index < -0.39 is 11.6 Å². The highest BCUT2D eigenvalue weighted by molar-refractivity contribution is 7.71. The summed E-state index contributed by atoms with van der Waals surface area (Å²) in [5.41, 5.74) is 2.37. The number of hydrogen-bond donors (Lipinski definition) is 2. The van der Waals surface area contributed by atoms with E-state index in [1.54, 1.807) is 0 Å². The minimum absolute atomic E-state index is 0.0268. The Kier molecular flexibility index (Phi) is 5.72. The van der Waals surface area contributed by atoms with Crippen molar-refractivity contribution in [2.24, 2.45) is 0 Å². The molecular weight excluding hydrogens is 390 g/mol. The van der Waals surface area contributed by atoms with E-state index in [1.807, 2.05) is 6.07 Å². The van der Waals surface area contributed by atoms with Gasteiger partial charge in [0.1, 0.15) is 0 Å². The van der Waals surface area contributed by atoms with Crippen LogP contribution < -0.4 is 5.56 Å². The van der Waals surface area contributed by atoms with Crippen LogP contribution in [-0.2, 0) is 6.42 Å². The average Bonchev–Trinajstić information content (AvgIpc) is 2.73. The third kappa shape index (κ3) is 4.22. The molecule has 0 radical (unpaired) electrons. The molecule has 0 saturated heterocycles. The van der Waals surface area contributed by atoms with Gasteiger partial charge in [-0.05, 0) is 66.9 Å². The van der Waals surface area contributed by atoms with Gasteiger partial charge in [-0.2, -0.15) is 0 Å². The predicted octanol–water partition coefficient (Wildman–Crippen LogP) is 5.74. The Morgan fingerprint density at radius 1 is 0.897 bits per heavy atom. The van der Waals surface area contributed by atoms with Crippen molar-refractivity contribution in [1.29, 1.82) is 0 Å². The molecule has 2 aromatic carbocycles. The Hall–Kier alpha value is -2.60. The summed E-state index contributed by atoms with van der Waals surface area (Å²) in [7, 11) is 0. The highest BCUT2D eigenvalue weighted by atomic mass is 32.1. The topological polar surface area (TPSA) is 48.6 Å². The van der Waals surface area contributed by atoms with Crippen LogP contribution in [-0.4, -0.2) is 9.97 Å². The molecule has 3 nitrogen and oxygen atoms in total. The summed E-state index contributed by atoms with van der Waals surface area (Å²) in [6, 6.07) is 14.5. The van der Waals surface area contributed by atoms with Crippen LogP contribution in [0.5, 0.6) is 0 Å². The molecule has 0 amide bonds. The lowest BCUT2D eigenvalue weighted by molar-refractivity contribution is 0.388. The number of halogens is 2. The normalized spacial score (nSPS) is 19.2. The molecule has 1 aromatic heterocycles. The Bertz CT molecular complexity index is 1120. The number of H-pyrrole nitrogens is 2. The second-order valence-corrected chi connectivity index (χ2v) is 8.06. The van der Waals surface area contributed by atoms with E-state index in [0.29, 0.717) is 11.5 Å². The molecule has 0 spiro atoms. The van der Waals surface area contributed by atoms with Crippen molar-refractivity contribution in [1.82, 2.24) is 9.97 Å². The Morgan fingerprint density at radius 2 is 1.59 bits per heavy atom. The monoisotopic (exact) mass is 412 g/mol. The fourth-order valence-electron chi connectivity index (χ4n) is 4.37. The largest absolute Gasteiger partial charge is 0.335 e. The molecule has 6 heteroatoms. The standard InChI is InChI=1S/C23H22F2N2OS/c24-19-8-4-7-17(20(19)25)13-18-21(26-23(29)27-22(18)28)16-11-9-15(10-12-16)14-5-2-1-3-6-14/h1-8,15-16H,9-13H2,(H2,26,27,28,29)/t15-,16-. The van der Waals surface area contributed by atoms with Gasteiger partial charge in [-0.3, -0.25) is 9.78 Å². The van der Waals surface area contributed by atoms with E-state index in [9.17, 15) is 13.6 Å². The second-order valence-electron chi connectivity index (χ2n) is 7.65. The van der Waals surface area contributed by atoms with Crippen LogP contribution in [0.3, 0.4) is 0 Å². The fourth-order valence-corrected chi connectivity index (χ4v) is 4.57. The molecule has 0 unspecified atom stereocenters. The molecule has 1 fully saturated rings. The molecule has 3 aromatic rings. The number of hydrogen-bond acceptors (Lipinski definition) is 2. The first-order chi connectivity index (χ1) is 14.0. The number of aromatic nitrogens is 2. The van der Waals surface area contributed by atoms with E-state index in [0.717, 1.165) is 37.4 Å². The van der Waals surface area contributed by atoms with E-state index in [1.165, 1.54) is 17.7 Å². The van der Waals surface area contributed by atoms with Crippen molar-refractivity contribution in [3.05, 3.63) is 97.7 Å². The van der Waals surface area contributed by atoms with E-state index in [4.69, 9.17) is 12.2 Å². The summed E-state index contributed by atoms with van der Waals surface area (Å²) in [6.45, 7) is 0. The van der Waals surface area contributed by atoms with Crippen LogP contribution in [0.2, 0.25) is 0 Å². The third-order valence-electron chi connectivity index (χ3n) is 5.88. The maximum Gasteiger partial charge on any atom is 0.255 e. The molecule has 1 aliphatic carbocycles. The minimum Gasteiger partial charge on any atom is -0.335 e. The second kappa shape index (κ2) is 8.41. The van der Waals surface area contributed by atoms with Crippen LogP contribution in [0.1, 0.15) is 59.9 Å². The van der Waals surface area contributed by atoms with Crippen LogP contribution in [0.25, 0.3) is 0 Å². The maximum absolute atomic E-state index is 14.2. The molecule has 0 bridgehead atoms. The Balaban J connectivity index is 1.62. The van der Waals surface area contributed by atoms with Gasteiger partial charge in [-0.25, -0.2) is 8.78 Å². The molecule has 2 N–H and O–H groups in total. The van der Waals surface area contributed by atoms with Gasteiger partial charge in [-0.1, -0.05) is 42.5 Å². The summed E-state index contributed by atoms with van der Waals surface area (Å²) in [5.74, 6) is -1.17. The number of benzene rings is 2. The van der Waals surface area contributed by atoms with Gasteiger partial charge in [0.25, 0.3) is 5.56 Å². The van der Waals surface area contributed by atoms with Gasteiger partial charge in [0, 0.05) is 17.7 Å². The van der Waals surface area contributed by atoms with Crippen molar-refractivity contribution >= 4 is 12.2 Å². The first-order valence-corrected chi connectivity index (χ1v) is 10.3. The number of aromatic amines is 2. The van der Waals surface area contributed by atoms with Gasteiger partial charge < -0.3 is 4.98 Å². The smallest absolute Gasteiger partial charge is 0.255 e. The summed E-state index contributed by atoms with van der Waals surface area (Å²) in [4.78, 5) is 18.4. The fraction of sp³-hybridized carbons (Fsp3) is 0.304. The van der Waals surface area contributed by atoms with Gasteiger partial charge in [-0.15, -0.1) is 0 Å². The van der Waals surface area contributed by atoms with E-state index >= 15 is 0 Å². The van der Waals surface area contributed by atoms with Crippen LogP contribution >= 0.6 is 12.2 Å². The maximum atomic E-state index is 14.2. The molecular formula is C23H22F2N2OS. The lowest BCUT2D eigenvalue weighted by atomic mass is 9.76. The molecule has 4 rings (SSSR count). The lowest BCUT2D eigenvalue weighted by Gasteiger charge is -2.29. The minimum atomic E-state index is -0.910. The zero-order valence-corrected chi connectivity index (χ0v) is 16.7. The van der Waals surface area contributed by atoms with Crippen LogP contribution in [0, 0.1) is 16.4 Å². The Morgan fingerprint density at radius 3 is 2.31 bits per heavy atom.